The Morgan fingerprint density at radius 2 is 1.90 bits per heavy atom. The number of nitrogens with zero attached hydrogens (tertiary/aromatic N) is 3. The highest BCUT2D eigenvalue weighted by atomic mass is 16.5. The first-order valence-corrected chi connectivity index (χ1v) is 7.46. The second-order valence-electron chi connectivity index (χ2n) is 7.81. The average Bonchev–Trinajstić information content (AvgIpc) is 2.71. The lowest BCUT2D eigenvalue weighted by Gasteiger charge is -2.44. The van der Waals surface area contributed by atoms with Gasteiger partial charge in [0, 0.05) is 30.8 Å². The van der Waals surface area contributed by atoms with E-state index in [0.717, 1.165) is 12.2 Å². The van der Waals surface area contributed by atoms with E-state index in [1.54, 1.807) is 7.11 Å². The van der Waals surface area contributed by atoms with Gasteiger partial charge < -0.3 is 14.2 Å². The van der Waals surface area contributed by atoms with Crippen LogP contribution in [0.25, 0.3) is 0 Å². The number of hydrogen-bond acceptors (Lipinski definition) is 3. The molecule has 0 bridgehead atoms. The number of ether oxygens (including phenoxy) is 1. The molecule has 1 aromatic rings. The lowest BCUT2D eigenvalue weighted by molar-refractivity contribution is 0.0100. The molecule has 0 fully saturated rings. The molecule has 21 heavy (non-hydrogen) atoms. The van der Waals surface area contributed by atoms with Crippen LogP contribution in [0.1, 0.15) is 57.9 Å². The Balaban J connectivity index is 2.46. The van der Waals surface area contributed by atoms with Crippen molar-refractivity contribution in [2.75, 3.05) is 13.7 Å². The Hall–Kier alpha value is -1.36. The summed E-state index contributed by atoms with van der Waals surface area (Å²) in [5.41, 5.74) is 0.644. The second-order valence-corrected chi connectivity index (χ2v) is 7.81. The van der Waals surface area contributed by atoms with Gasteiger partial charge in [0.05, 0.1) is 18.3 Å². The van der Waals surface area contributed by atoms with Gasteiger partial charge in [0.1, 0.15) is 0 Å². The molecular weight excluding hydrogens is 266 g/mol. The van der Waals surface area contributed by atoms with E-state index in [4.69, 9.17) is 4.74 Å². The summed E-state index contributed by atoms with van der Waals surface area (Å²) in [7, 11) is 1.68. The molecule has 0 aromatic carbocycles. The van der Waals surface area contributed by atoms with E-state index < -0.39 is 0 Å². The molecule has 2 rings (SSSR count). The summed E-state index contributed by atoms with van der Waals surface area (Å²) in [6.45, 7) is 13.8. The smallest absolute Gasteiger partial charge is 0.290 e. The van der Waals surface area contributed by atoms with Gasteiger partial charge in [0.2, 0.25) is 0 Å². The van der Waals surface area contributed by atoms with Gasteiger partial charge in [0.15, 0.2) is 5.82 Å². The molecule has 1 amide bonds. The average molecular weight is 293 g/mol. The number of carbonyl (C=O) groups excluding carboxylic acids is 1. The van der Waals surface area contributed by atoms with Crippen molar-refractivity contribution >= 4 is 5.91 Å². The second kappa shape index (κ2) is 5.13. The quantitative estimate of drug-likeness (QED) is 0.841. The fraction of sp³-hybridized carbons (Fsp3) is 0.750. The van der Waals surface area contributed by atoms with Crippen molar-refractivity contribution in [3.8, 4) is 0 Å². The third-order valence-electron chi connectivity index (χ3n) is 3.81. The third-order valence-corrected chi connectivity index (χ3v) is 3.81. The molecule has 0 radical (unpaired) electrons. The first-order chi connectivity index (χ1) is 9.55. The molecule has 5 heteroatoms. The molecule has 0 unspecified atom stereocenters. The van der Waals surface area contributed by atoms with Crippen molar-refractivity contribution in [2.45, 2.75) is 65.1 Å². The van der Waals surface area contributed by atoms with Gasteiger partial charge in [0.25, 0.3) is 5.91 Å². The highest BCUT2D eigenvalue weighted by Gasteiger charge is 2.40. The minimum absolute atomic E-state index is 0.00806. The van der Waals surface area contributed by atoms with Gasteiger partial charge in [-0.1, -0.05) is 20.8 Å². The van der Waals surface area contributed by atoms with Crippen LogP contribution < -0.4 is 0 Å². The van der Waals surface area contributed by atoms with Crippen molar-refractivity contribution in [2.24, 2.45) is 0 Å². The van der Waals surface area contributed by atoms with Crippen LogP contribution in [0.3, 0.4) is 0 Å². The zero-order valence-corrected chi connectivity index (χ0v) is 14.2. The lowest BCUT2D eigenvalue weighted by atomic mass is 9.93. The minimum atomic E-state index is -0.251. The van der Waals surface area contributed by atoms with E-state index in [1.807, 2.05) is 15.7 Å². The number of hydrogen-bond donors (Lipinski definition) is 0. The summed E-state index contributed by atoms with van der Waals surface area (Å²) in [6, 6.07) is 0.0389. The van der Waals surface area contributed by atoms with Crippen molar-refractivity contribution in [1.82, 2.24) is 14.5 Å². The van der Waals surface area contributed by atoms with Crippen LogP contribution in [0.2, 0.25) is 0 Å². The largest absolute Gasteiger partial charge is 0.382 e. The first kappa shape index (κ1) is 16.0. The number of aromatic nitrogens is 2. The van der Waals surface area contributed by atoms with Gasteiger partial charge in [-0.05, 0) is 20.8 Å². The molecule has 1 aromatic heterocycles. The van der Waals surface area contributed by atoms with E-state index in [0.29, 0.717) is 12.4 Å². The Morgan fingerprint density at radius 1 is 1.29 bits per heavy atom. The van der Waals surface area contributed by atoms with Crippen LogP contribution in [0.15, 0.2) is 6.20 Å². The van der Waals surface area contributed by atoms with Gasteiger partial charge in [-0.15, -0.1) is 0 Å². The molecule has 0 aliphatic carbocycles. The molecule has 2 heterocycles. The highest BCUT2D eigenvalue weighted by Crippen LogP contribution is 2.29. The SMILES string of the molecule is COC[C@H]1Cn2cc(C(C)(C)C)nc2C(=O)N1C(C)(C)C. The molecule has 118 valence electrons. The standard InChI is InChI=1S/C16H27N3O2/c1-15(2,3)12-9-18-8-11(10-21-7)19(16(4,5)6)14(20)13(18)17-12/h9,11H,8,10H2,1-7H3/t11-/m1/s1. The maximum atomic E-state index is 12.9. The molecular formula is C16H27N3O2. The normalized spacial score (nSPS) is 19.9. The summed E-state index contributed by atoms with van der Waals surface area (Å²) in [5, 5.41) is 0. The van der Waals surface area contributed by atoms with E-state index in [9.17, 15) is 4.79 Å². The molecule has 0 spiro atoms. The maximum absolute atomic E-state index is 12.9. The lowest BCUT2D eigenvalue weighted by Crippen LogP contribution is -2.58. The number of carbonyl (C=O) groups is 1. The first-order valence-electron chi connectivity index (χ1n) is 7.46. The molecule has 5 nitrogen and oxygen atoms in total. The van der Waals surface area contributed by atoms with Crippen LogP contribution in [-0.2, 0) is 16.7 Å². The van der Waals surface area contributed by atoms with Crippen molar-refractivity contribution < 1.29 is 9.53 Å². The Morgan fingerprint density at radius 3 is 2.38 bits per heavy atom. The zero-order chi connectivity index (χ0) is 16.0. The number of fused-ring (bicyclic) bond motifs is 1. The van der Waals surface area contributed by atoms with E-state index >= 15 is 0 Å². The van der Waals surface area contributed by atoms with Crippen LogP contribution in [0.4, 0.5) is 0 Å². The van der Waals surface area contributed by atoms with E-state index in [1.165, 1.54) is 0 Å². The van der Waals surface area contributed by atoms with Crippen molar-refractivity contribution in [3.63, 3.8) is 0 Å². The summed E-state index contributed by atoms with van der Waals surface area (Å²) in [4.78, 5) is 19.4. The summed E-state index contributed by atoms with van der Waals surface area (Å²) >= 11 is 0. The van der Waals surface area contributed by atoms with Gasteiger partial charge in [-0.3, -0.25) is 4.79 Å². The van der Waals surface area contributed by atoms with Crippen LogP contribution in [-0.4, -0.2) is 45.7 Å². The van der Waals surface area contributed by atoms with Crippen molar-refractivity contribution in [3.05, 3.63) is 17.7 Å². The molecule has 1 aliphatic heterocycles. The minimum Gasteiger partial charge on any atom is -0.382 e. The zero-order valence-electron chi connectivity index (χ0n) is 14.2. The summed E-state index contributed by atoms with van der Waals surface area (Å²) in [6.07, 6.45) is 2.01. The number of amides is 1. The predicted octanol–water partition coefficient (Wildman–Crippen LogP) is 2.45. The van der Waals surface area contributed by atoms with Crippen LogP contribution in [0, 0.1) is 0 Å². The monoisotopic (exact) mass is 293 g/mol. The van der Waals surface area contributed by atoms with Crippen molar-refractivity contribution in [1.29, 1.82) is 0 Å². The molecule has 0 N–H and O–H groups in total. The Kier molecular flexibility index (Phi) is 3.91. The fourth-order valence-corrected chi connectivity index (χ4v) is 2.84. The molecule has 0 saturated heterocycles. The van der Waals surface area contributed by atoms with Gasteiger partial charge in [-0.25, -0.2) is 4.98 Å². The highest BCUT2D eigenvalue weighted by molar-refractivity contribution is 5.92. The van der Waals surface area contributed by atoms with E-state index in [-0.39, 0.29) is 22.9 Å². The fourth-order valence-electron chi connectivity index (χ4n) is 2.84. The number of methoxy groups -OCH3 is 1. The molecule has 0 saturated carbocycles. The summed E-state index contributed by atoms with van der Waals surface area (Å²) < 4.78 is 7.30. The van der Waals surface area contributed by atoms with Crippen LogP contribution >= 0.6 is 0 Å². The topological polar surface area (TPSA) is 47.4 Å². The number of rotatable bonds is 2. The van der Waals surface area contributed by atoms with E-state index in [2.05, 4.69) is 46.5 Å². The summed E-state index contributed by atoms with van der Waals surface area (Å²) in [5.74, 6) is 0.536. The number of imidazole rings is 1. The Labute approximate surface area is 127 Å². The van der Waals surface area contributed by atoms with Crippen LogP contribution in [0.5, 0.6) is 0 Å². The molecule has 1 atom stereocenters. The molecule has 1 aliphatic rings. The maximum Gasteiger partial charge on any atom is 0.290 e. The van der Waals surface area contributed by atoms with Gasteiger partial charge in [-0.2, -0.15) is 0 Å². The predicted molar refractivity (Wildman–Crippen MR) is 82.5 cm³/mol. The van der Waals surface area contributed by atoms with Gasteiger partial charge >= 0.3 is 0 Å². The Bertz CT molecular complexity index is 535. The third kappa shape index (κ3) is 2.98.